The molecule has 1 amide bonds. The van der Waals surface area contributed by atoms with Crippen molar-refractivity contribution in [3.05, 3.63) is 12.2 Å². The number of esters is 1. The Balaban J connectivity index is 2.39. The summed E-state index contributed by atoms with van der Waals surface area (Å²) in [6, 6.07) is 0.375. The lowest BCUT2D eigenvalue weighted by Crippen LogP contribution is -2.34. The van der Waals surface area contributed by atoms with Gasteiger partial charge in [-0.25, -0.2) is 4.79 Å². The second kappa shape index (κ2) is 6.27. The van der Waals surface area contributed by atoms with Crippen LogP contribution >= 0.6 is 0 Å². The predicted octanol–water partition coefficient (Wildman–Crippen LogP) is -0.0740. The van der Waals surface area contributed by atoms with E-state index in [-0.39, 0.29) is 5.91 Å². The fourth-order valence-electron chi connectivity index (χ4n) is 1.73. The van der Waals surface area contributed by atoms with E-state index in [0.717, 1.165) is 25.6 Å². The number of methoxy groups -OCH3 is 1. The summed E-state index contributed by atoms with van der Waals surface area (Å²) in [7, 11) is 1.29. The smallest absolute Gasteiger partial charge is 0.330 e. The zero-order chi connectivity index (χ0) is 12.0. The number of carbonyl (C=O) groups is 2. The van der Waals surface area contributed by atoms with Gasteiger partial charge in [0, 0.05) is 31.3 Å². The molecule has 5 nitrogen and oxygen atoms in total. The van der Waals surface area contributed by atoms with E-state index in [1.54, 1.807) is 4.90 Å². The quantitative estimate of drug-likeness (QED) is 0.538. The summed E-state index contributed by atoms with van der Waals surface area (Å²) in [6.45, 7) is 4.40. The molecule has 1 N–H and O–H groups in total. The molecule has 0 aromatic rings. The zero-order valence-corrected chi connectivity index (χ0v) is 9.73. The van der Waals surface area contributed by atoms with Crippen molar-refractivity contribution < 1.29 is 14.3 Å². The summed E-state index contributed by atoms with van der Waals surface area (Å²) in [5.74, 6) is -0.637. The molecule has 16 heavy (non-hydrogen) atoms. The first-order valence-corrected chi connectivity index (χ1v) is 5.45. The summed E-state index contributed by atoms with van der Waals surface area (Å²) in [4.78, 5) is 24.2. The first kappa shape index (κ1) is 12.7. The predicted molar refractivity (Wildman–Crippen MR) is 59.8 cm³/mol. The Labute approximate surface area is 95.4 Å². The van der Waals surface area contributed by atoms with Gasteiger partial charge < -0.3 is 15.0 Å². The van der Waals surface area contributed by atoms with Gasteiger partial charge in [0.2, 0.25) is 5.91 Å². The van der Waals surface area contributed by atoms with Gasteiger partial charge in [-0.3, -0.25) is 4.79 Å². The summed E-state index contributed by atoms with van der Waals surface area (Å²) in [5.41, 5.74) is 0. The molecular weight excluding hydrogens is 208 g/mol. The summed E-state index contributed by atoms with van der Waals surface area (Å²) in [5, 5.41) is 3.30. The molecule has 0 radical (unpaired) electrons. The summed E-state index contributed by atoms with van der Waals surface area (Å²) in [6.07, 6.45) is 3.38. The van der Waals surface area contributed by atoms with Gasteiger partial charge in [0.1, 0.15) is 0 Å². The minimum absolute atomic E-state index is 0.134. The second-order valence-electron chi connectivity index (χ2n) is 3.68. The highest BCUT2D eigenvalue weighted by Gasteiger charge is 2.23. The van der Waals surface area contributed by atoms with Crippen LogP contribution in [-0.4, -0.2) is 49.6 Å². The Morgan fingerprint density at radius 1 is 1.50 bits per heavy atom. The standard InChI is InChI=1S/C11H18N2O3/c1-3-12-9-6-7-13(8-9)10(14)4-5-11(15)16-2/h4-5,9,12H,3,6-8H2,1-2H3/b5-4+. The second-order valence-corrected chi connectivity index (χ2v) is 3.68. The third kappa shape index (κ3) is 3.66. The minimum atomic E-state index is -0.504. The van der Waals surface area contributed by atoms with Crippen molar-refractivity contribution in [2.24, 2.45) is 0 Å². The third-order valence-electron chi connectivity index (χ3n) is 2.56. The maximum Gasteiger partial charge on any atom is 0.330 e. The topological polar surface area (TPSA) is 58.6 Å². The number of carbonyl (C=O) groups excluding carboxylic acids is 2. The van der Waals surface area contributed by atoms with Crippen LogP contribution in [0.15, 0.2) is 12.2 Å². The molecule has 1 rings (SSSR count). The highest BCUT2D eigenvalue weighted by Crippen LogP contribution is 2.09. The molecule has 1 fully saturated rings. The maximum absolute atomic E-state index is 11.6. The molecular formula is C11H18N2O3. The molecule has 1 aliphatic heterocycles. The summed E-state index contributed by atoms with van der Waals surface area (Å²) < 4.78 is 4.41. The molecule has 1 heterocycles. The van der Waals surface area contributed by atoms with Crippen molar-refractivity contribution in [3.8, 4) is 0 Å². The van der Waals surface area contributed by atoms with Gasteiger partial charge in [0.15, 0.2) is 0 Å². The number of hydrogen-bond acceptors (Lipinski definition) is 4. The van der Waals surface area contributed by atoms with Crippen LogP contribution in [0.1, 0.15) is 13.3 Å². The Morgan fingerprint density at radius 3 is 2.88 bits per heavy atom. The number of likely N-dealkylation sites (tertiary alicyclic amines) is 1. The molecule has 1 unspecified atom stereocenters. The lowest BCUT2D eigenvalue weighted by Gasteiger charge is -2.14. The molecule has 1 atom stereocenters. The molecule has 0 spiro atoms. The monoisotopic (exact) mass is 226 g/mol. The van der Waals surface area contributed by atoms with E-state index >= 15 is 0 Å². The molecule has 1 aliphatic rings. The van der Waals surface area contributed by atoms with Gasteiger partial charge in [0.25, 0.3) is 0 Å². The van der Waals surface area contributed by atoms with E-state index in [0.29, 0.717) is 12.6 Å². The van der Waals surface area contributed by atoms with Crippen molar-refractivity contribution in [2.45, 2.75) is 19.4 Å². The SMILES string of the molecule is CCNC1CCN(C(=O)/C=C/C(=O)OC)C1. The molecule has 90 valence electrons. The Hall–Kier alpha value is -1.36. The van der Waals surface area contributed by atoms with E-state index in [9.17, 15) is 9.59 Å². The molecule has 0 aliphatic carbocycles. The molecule has 1 saturated heterocycles. The molecule has 5 heteroatoms. The van der Waals surface area contributed by atoms with Gasteiger partial charge in [-0.05, 0) is 13.0 Å². The summed E-state index contributed by atoms with van der Waals surface area (Å²) >= 11 is 0. The number of likely N-dealkylation sites (N-methyl/N-ethyl adjacent to an activating group) is 1. The largest absolute Gasteiger partial charge is 0.466 e. The first-order valence-electron chi connectivity index (χ1n) is 5.45. The average molecular weight is 226 g/mol. The fourth-order valence-corrected chi connectivity index (χ4v) is 1.73. The lowest BCUT2D eigenvalue weighted by molar-refractivity contribution is -0.135. The first-order chi connectivity index (χ1) is 7.67. The van der Waals surface area contributed by atoms with Gasteiger partial charge in [-0.15, -0.1) is 0 Å². The van der Waals surface area contributed by atoms with Crippen LogP contribution in [0.2, 0.25) is 0 Å². The number of rotatable bonds is 4. The van der Waals surface area contributed by atoms with Crippen molar-refractivity contribution >= 4 is 11.9 Å². The van der Waals surface area contributed by atoms with Gasteiger partial charge in [0.05, 0.1) is 7.11 Å². The molecule has 0 saturated carbocycles. The van der Waals surface area contributed by atoms with Crippen LogP contribution in [0.5, 0.6) is 0 Å². The van der Waals surface area contributed by atoms with E-state index in [1.165, 1.54) is 13.2 Å². The van der Waals surface area contributed by atoms with Crippen molar-refractivity contribution in [2.75, 3.05) is 26.7 Å². The average Bonchev–Trinajstić information content (AvgIpc) is 2.74. The van der Waals surface area contributed by atoms with Crippen LogP contribution in [-0.2, 0) is 14.3 Å². The van der Waals surface area contributed by atoms with Gasteiger partial charge in [-0.1, -0.05) is 6.92 Å². The number of nitrogens with zero attached hydrogens (tertiary/aromatic N) is 1. The van der Waals surface area contributed by atoms with Crippen molar-refractivity contribution in [1.82, 2.24) is 10.2 Å². The van der Waals surface area contributed by atoms with E-state index < -0.39 is 5.97 Å². The zero-order valence-electron chi connectivity index (χ0n) is 9.73. The van der Waals surface area contributed by atoms with Crippen LogP contribution in [0.25, 0.3) is 0 Å². The van der Waals surface area contributed by atoms with E-state index in [2.05, 4.69) is 10.1 Å². The number of hydrogen-bond donors (Lipinski definition) is 1. The molecule has 0 aromatic heterocycles. The highest BCUT2D eigenvalue weighted by atomic mass is 16.5. The number of ether oxygens (including phenoxy) is 1. The lowest BCUT2D eigenvalue weighted by atomic mass is 10.3. The molecule has 0 aromatic carbocycles. The normalized spacial score (nSPS) is 20.4. The Kier molecular flexibility index (Phi) is 4.98. The van der Waals surface area contributed by atoms with Crippen LogP contribution < -0.4 is 5.32 Å². The van der Waals surface area contributed by atoms with E-state index in [4.69, 9.17) is 0 Å². The number of amides is 1. The third-order valence-corrected chi connectivity index (χ3v) is 2.56. The van der Waals surface area contributed by atoms with Crippen molar-refractivity contribution in [1.29, 1.82) is 0 Å². The number of nitrogens with one attached hydrogen (secondary N) is 1. The van der Waals surface area contributed by atoms with Crippen LogP contribution in [0.3, 0.4) is 0 Å². The fraction of sp³-hybridized carbons (Fsp3) is 0.636. The minimum Gasteiger partial charge on any atom is -0.466 e. The van der Waals surface area contributed by atoms with Crippen LogP contribution in [0, 0.1) is 0 Å². The van der Waals surface area contributed by atoms with Crippen molar-refractivity contribution in [3.63, 3.8) is 0 Å². The highest BCUT2D eigenvalue weighted by molar-refractivity contribution is 5.94. The Bertz CT molecular complexity index is 289. The van der Waals surface area contributed by atoms with Gasteiger partial charge in [-0.2, -0.15) is 0 Å². The van der Waals surface area contributed by atoms with E-state index in [1.807, 2.05) is 6.92 Å². The maximum atomic E-state index is 11.6. The van der Waals surface area contributed by atoms with Crippen LogP contribution in [0.4, 0.5) is 0 Å². The van der Waals surface area contributed by atoms with Gasteiger partial charge >= 0.3 is 5.97 Å². The Morgan fingerprint density at radius 2 is 2.25 bits per heavy atom. The molecule has 0 bridgehead atoms.